The summed E-state index contributed by atoms with van der Waals surface area (Å²) < 4.78 is 0. The SMILES string of the molecule is C#CC1C=C[P+](=S)C1. The van der Waals surface area contributed by atoms with Crippen molar-refractivity contribution in [2.45, 2.75) is 0 Å². The molecule has 2 heteroatoms. The molecule has 0 amide bonds. The van der Waals surface area contributed by atoms with Gasteiger partial charge in [0.05, 0.1) is 5.92 Å². The van der Waals surface area contributed by atoms with Gasteiger partial charge in [-0.1, -0.05) is 5.92 Å². The van der Waals surface area contributed by atoms with Crippen LogP contribution in [0.4, 0.5) is 0 Å². The van der Waals surface area contributed by atoms with Crippen molar-refractivity contribution in [3.8, 4) is 12.3 Å². The predicted molar refractivity (Wildman–Crippen MR) is 40.6 cm³/mol. The van der Waals surface area contributed by atoms with E-state index in [1.165, 1.54) is 0 Å². The highest BCUT2D eigenvalue weighted by Crippen LogP contribution is 2.33. The van der Waals surface area contributed by atoms with E-state index in [0.29, 0.717) is 5.92 Å². The van der Waals surface area contributed by atoms with Crippen molar-refractivity contribution >= 4 is 18.5 Å². The zero-order valence-corrected chi connectivity index (χ0v) is 6.08. The highest BCUT2D eigenvalue weighted by Gasteiger charge is 2.19. The topological polar surface area (TPSA) is 0 Å². The van der Waals surface area contributed by atoms with Crippen molar-refractivity contribution in [2.24, 2.45) is 5.92 Å². The lowest BCUT2D eigenvalue weighted by Crippen LogP contribution is -1.87. The second-order valence-electron chi connectivity index (χ2n) is 1.71. The van der Waals surface area contributed by atoms with Gasteiger partial charge < -0.3 is 0 Å². The van der Waals surface area contributed by atoms with Gasteiger partial charge >= 0.3 is 0 Å². The van der Waals surface area contributed by atoms with Gasteiger partial charge in [-0.05, 0) is 6.08 Å². The van der Waals surface area contributed by atoms with Crippen LogP contribution in [0.25, 0.3) is 0 Å². The monoisotopic (exact) mass is 141 g/mol. The molecule has 0 saturated heterocycles. The lowest BCUT2D eigenvalue weighted by Gasteiger charge is -1.83. The highest BCUT2D eigenvalue weighted by atomic mass is 32.4. The Hall–Kier alpha value is -0.180. The second kappa shape index (κ2) is 2.40. The Morgan fingerprint density at radius 2 is 2.62 bits per heavy atom. The minimum absolute atomic E-state index is 0.250. The van der Waals surface area contributed by atoms with Gasteiger partial charge in [0.2, 0.25) is 6.70 Å². The number of terminal acetylenes is 1. The third-order valence-corrected chi connectivity index (χ3v) is 3.15. The molecular formula is C6H6PS+. The van der Waals surface area contributed by atoms with Crippen LogP contribution in [0.15, 0.2) is 11.9 Å². The van der Waals surface area contributed by atoms with Crippen LogP contribution >= 0.6 is 6.70 Å². The van der Waals surface area contributed by atoms with Gasteiger partial charge in [0, 0.05) is 0 Å². The zero-order valence-electron chi connectivity index (χ0n) is 4.37. The third kappa shape index (κ3) is 1.15. The van der Waals surface area contributed by atoms with Crippen molar-refractivity contribution in [1.29, 1.82) is 0 Å². The molecule has 0 N–H and O–H groups in total. The van der Waals surface area contributed by atoms with Gasteiger partial charge in [-0.3, -0.25) is 0 Å². The fourth-order valence-electron chi connectivity index (χ4n) is 0.624. The number of hydrogen-bond acceptors (Lipinski definition) is 1. The van der Waals surface area contributed by atoms with E-state index >= 15 is 0 Å². The molecule has 0 aromatic heterocycles. The zero-order chi connectivity index (χ0) is 5.98. The number of rotatable bonds is 0. The molecule has 2 unspecified atom stereocenters. The quantitative estimate of drug-likeness (QED) is 0.365. The summed E-state index contributed by atoms with van der Waals surface area (Å²) in [4.78, 5) is 0. The first-order valence-corrected chi connectivity index (χ1v) is 5.02. The standard InChI is InChI=1S/C6H6PS/c1-2-6-3-4-7(8)5-6/h1,3-4,6H,5H2/q+1. The lowest BCUT2D eigenvalue weighted by atomic mass is 10.2. The van der Waals surface area contributed by atoms with Crippen molar-refractivity contribution in [3.63, 3.8) is 0 Å². The van der Waals surface area contributed by atoms with Gasteiger partial charge in [0.15, 0.2) is 11.8 Å². The average Bonchev–Trinajstić information content (AvgIpc) is 2.14. The molecular weight excluding hydrogens is 135 g/mol. The molecule has 1 rings (SSSR count). The molecule has 0 aromatic carbocycles. The molecule has 0 saturated carbocycles. The molecule has 0 nitrogen and oxygen atoms in total. The predicted octanol–water partition coefficient (Wildman–Crippen LogP) is 1.71. The van der Waals surface area contributed by atoms with E-state index < -0.39 is 0 Å². The maximum atomic E-state index is 5.16. The normalized spacial score (nSPS) is 30.4. The smallest absolute Gasteiger partial charge is 0.119 e. The Morgan fingerprint density at radius 3 is 2.88 bits per heavy atom. The summed E-state index contributed by atoms with van der Waals surface area (Å²) in [6, 6.07) is 0. The van der Waals surface area contributed by atoms with Crippen LogP contribution in [0.2, 0.25) is 0 Å². The van der Waals surface area contributed by atoms with Gasteiger partial charge in [-0.15, -0.1) is 6.42 Å². The fourth-order valence-corrected chi connectivity index (χ4v) is 2.45. The van der Waals surface area contributed by atoms with Gasteiger partial charge in [-0.2, -0.15) is 0 Å². The lowest BCUT2D eigenvalue weighted by molar-refractivity contribution is 1.02. The summed E-state index contributed by atoms with van der Waals surface area (Å²) in [6.07, 6.45) is 8.23. The molecule has 0 fully saturated rings. The molecule has 0 radical (unpaired) electrons. The Labute approximate surface area is 55.4 Å². The average molecular weight is 141 g/mol. The first-order chi connectivity index (χ1) is 3.83. The molecule has 8 heavy (non-hydrogen) atoms. The minimum atomic E-state index is -0.250. The largest absolute Gasteiger partial charge is 0.206 e. The van der Waals surface area contributed by atoms with Gasteiger partial charge in [0.25, 0.3) is 0 Å². The molecule has 1 heterocycles. The molecule has 0 aromatic rings. The summed E-state index contributed by atoms with van der Waals surface area (Å²) in [5, 5.41) is 0. The molecule has 1 aliphatic rings. The van der Waals surface area contributed by atoms with E-state index in [0.717, 1.165) is 6.16 Å². The van der Waals surface area contributed by atoms with Crippen LogP contribution in [-0.4, -0.2) is 6.16 Å². The van der Waals surface area contributed by atoms with Crippen LogP contribution in [0.5, 0.6) is 0 Å². The summed E-state index contributed by atoms with van der Waals surface area (Å²) in [5.41, 5.74) is 0. The Kier molecular flexibility index (Phi) is 1.78. The van der Waals surface area contributed by atoms with E-state index in [1.54, 1.807) is 0 Å². The molecule has 40 valence electrons. The van der Waals surface area contributed by atoms with Crippen LogP contribution < -0.4 is 0 Å². The Balaban J connectivity index is 2.62. The Bertz CT molecular complexity index is 175. The van der Waals surface area contributed by atoms with Crippen molar-refractivity contribution in [2.75, 3.05) is 6.16 Å². The first-order valence-electron chi connectivity index (χ1n) is 2.41. The van der Waals surface area contributed by atoms with Crippen LogP contribution in [-0.2, 0) is 11.8 Å². The van der Waals surface area contributed by atoms with Crippen molar-refractivity contribution < 1.29 is 0 Å². The van der Waals surface area contributed by atoms with E-state index in [4.69, 9.17) is 18.2 Å². The summed E-state index contributed by atoms with van der Waals surface area (Å²) in [6.45, 7) is -0.250. The van der Waals surface area contributed by atoms with E-state index in [9.17, 15) is 0 Å². The maximum Gasteiger partial charge on any atom is 0.206 e. The summed E-state index contributed by atoms with van der Waals surface area (Å²) in [7, 11) is 0. The van der Waals surface area contributed by atoms with Crippen LogP contribution in [0.1, 0.15) is 0 Å². The van der Waals surface area contributed by atoms with Gasteiger partial charge in [0.1, 0.15) is 12.0 Å². The minimum Gasteiger partial charge on any atom is -0.119 e. The van der Waals surface area contributed by atoms with E-state index in [2.05, 4.69) is 11.7 Å². The second-order valence-corrected chi connectivity index (χ2v) is 4.62. The molecule has 1 aliphatic heterocycles. The molecule has 2 atom stereocenters. The summed E-state index contributed by atoms with van der Waals surface area (Å²) in [5.74, 6) is 5.07. The van der Waals surface area contributed by atoms with Crippen molar-refractivity contribution in [3.05, 3.63) is 11.9 Å². The van der Waals surface area contributed by atoms with Crippen LogP contribution in [0, 0.1) is 18.3 Å². The number of hydrogen-bond donors (Lipinski definition) is 0. The third-order valence-electron chi connectivity index (χ3n) is 1.08. The molecule has 0 bridgehead atoms. The first kappa shape index (κ1) is 5.95. The van der Waals surface area contributed by atoms with Gasteiger partial charge in [-0.25, -0.2) is 0 Å². The molecule has 0 spiro atoms. The molecule has 0 aliphatic carbocycles. The maximum absolute atomic E-state index is 5.16. The highest BCUT2D eigenvalue weighted by molar-refractivity contribution is 8.06. The van der Waals surface area contributed by atoms with E-state index in [1.807, 2.05) is 6.08 Å². The fraction of sp³-hybridized carbons (Fsp3) is 0.333. The number of allylic oxidation sites excluding steroid dienone is 1. The summed E-state index contributed by atoms with van der Waals surface area (Å²) >= 11 is 5.03. The Morgan fingerprint density at radius 1 is 1.88 bits per heavy atom. The van der Waals surface area contributed by atoms with Crippen LogP contribution in [0.3, 0.4) is 0 Å². The van der Waals surface area contributed by atoms with E-state index in [-0.39, 0.29) is 6.70 Å². The van der Waals surface area contributed by atoms with Crippen molar-refractivity contribution in [1.82, 2.24) is 0 Å².